The summed E-state index contributed by atoms with van der Waals surface area (Å²) in [5, 5.41) is 8.74. The molecule has 2 rings (SSSR count). The number of nitrogen functional groups attached to an aromatic ring is 1. The Morgan fingerprint density at radius 3 is 2.47 bits per heavy atom. The quantitative estimate of drug-likeness (QED) is 0.850. The number of nitrogens with two attached hydrogens (primary N) is 1. The maximum atomic E-state index is 8.74. The van der Waals surface area contributed by atoms with Gasteiger partial charge in [-0.3, -0.25) is 0 Å². The highest BCUT2D eigenvalue weighted by molar-refractivity contribution is 5.53. The van der Waals surface area contributed by atoms with E-state index < -0.39 is 0 Å². The van der Waals surface area contributed by atoms with E-state index in [1.165, 1.54) is 0 Å². The van der Waals surface area contributed by atoms with Crippen LogP contribution in [0.1, 0.15) is 12.5 Å². The minimum atomic E-state index is 0.535. The van der Waals surface area contributed by atoms with Gasteiger partial charge in [-0.15, -0.1) is 0 Å². The Bertz CT molecular complexity index is 601. The molecular formula is C15H14N2O2. The van der Waals surface area contributed by atoms with Gasteiger partial charge in [-0.05, 0) is 43.3 Å². The molecule has 2 N–H and O–H groups in total. The number of nitrogens with zero attached hydrogens (tertiary/aromatic N) is 1. The van der Waals surface area contributed by atoms with Gasteiger partial charge in [-0.1, -0.05) is 0 Å². The maximum Gasteiger partial charge on any atom is 0.169 e. The normalized spacial score (nSPS) is 9.68. The molecule has 96 valence electrons. The summed E-state index contributed by atoms with van der Waals surface area (Å²) in [7, 11) is 0. The molecule has 0 radical (unpaired) electrons. The third-order valence-electron chi connectivity index (χ3n) is 2.48. The highest BCUT2D eigenvalue weighted by Crippen LogP contribution is 2.33. The van der Waals surface area contributed by atoms with Gasteiger partial charge in [-0.2, -0.15) is 5.26 Å². The first-order chi connectivity index (χ1) is 9.22. The molecular weight excluding hydrogens is 240 g/mol. The first-order valence-electron chi connectivity index (χ1n) is 5.93. The Balaban J connectivity index is 2.24. The number of rotatable bonds is 4. The second-order valence-electron chi connectivity index (χ2n) is 3.88. The van der Waals surface area contributed by atoms with Crippen LogP contribution in [0.15, 0.2) is 42.5 Å². The third kappa shape index (κ3) is 3.17. The highest BCUT2D eigenvalue weighted by Gasteiger charge is 2.06. The van der Waals surface area contributed by atoms with Crippen molar-refractivity contribution in [3.8, 4) is 23.3 Å². The van der Waals surface area contributed by atoms with E-state index in [1.54, 1.807) is 42.5 Å². The van der Waals surface area contributed by atoms with Crippen LogP contribution in [0.2, 0.25) is 0 Å². The van der Waals surface area contributed by atoms with Crippen molar-refractivity contribution in [1.29, 1.82) is 5.26 Å². The molecule has 0 heterocycles. The number of nitriles is 1. The molecule has 0 bridgehead atoms. The van der Waals surface area contributed by atoms with Crippen molar-refractivity contribution < 1.29 is 9.47 Å². The number of ether oxygens (including phenoxy) is 2. The number of hydrogen-bond acceptors (Lipinski definition) is 4. The van der Waals surface area contributed by atoms with Crippen LogP contribution in [0.5, 0.6) is 17.2 Å². The van der Waals surface area contributed by atoms with Crippen LogP contribution in [0, 0.1) is 11.3 Å². The minimum Gasteiger partial charge on any atom is -0.490 e. The average Bonchev–Trinajstić information content (AvgIpc) is 2.43. The lowest BCUT2D eigenvalue weighted by molar-refractivity contribution is 0.321. The molecule has 0 saturated heterocycles. The number of anilines is 1. The second kappa shape index (κ2) is 5.78. The van der Waals surface area contributed by atoms with Crippen LogP contribution in [-0.4, -0.2) is 6.61 Å². The van der Waals surface area contributed by atoms with Gasteiger partial charge in [0, 0.05) is 11.8 Å². The van der Waals surface area contributed by atoms with Crippen LogP contribution in [0.25, 0.3) is 0 Å². The van der Waals surface area contributed by atoms with Gasteiger partial charge in [0.1, 0.15) is 5.75 Å². The zero-order chi connectivity index (χ0) is 13.7. The summed E-state index contributed by atoms with van der Waals surface area (Å²) in [6.07, 6.45) is 0. The van der Waals surface area contributed by atoms with Gasteiger partial charge in [0.15, 0.2) is 11.5 Å². The lowest BCUT2D eigenvalue weighted by Crippen LogP contribution is -1.96. The Morgan fingerprint density at radius 1 is 1.11 bits per heavy atom. The molecule has 19 heavy (non-hydrogen) atoms. The van der Waals surface area contributed by atoms with E-state index in [4.69, 9.17) is 20.5 Å². The van der Waals surface area contributed by atoms with Crippen molar-refractivity contribution in [3.63, 3.8) is 0 Å². The van der Waals surface area contributed by atoms with Gasteiger partial charge in [0.05, 0.1) is 18.2 Å². The maximum absolute atomic E-state index is 8.74. The Morgan fingerprint density at radius 2 is 1.84 bits per heavy atom. The Labute approximate surface area is 112 Å². The molecule has 4 nitrogen and oxygen atoms in total. The molecule has 2 aromatic carbocycles. The molecule has 2 aromatic rings. The van der Waals surface area contributed by atoms with Crippen molar-refractivity contribution in [1.82, 2.24) is 0 Å². The van der Waals surface area contributed by atoms with Gasteiger partial charge >= 0.3 is 0 Å². The van der Waals surface area contributed by atoms with E-state index in [2.05, 4.69) is 6.07 Å². The Hall–Kier alpha value is -2.67. The minimum absolute atomic E-state index is 0.535. The summed E-state index contributed by atoms with van der Waals surface area (Å²) >= 11 is 0. The van der Waals surface area contributed by atoms with Crippen LogP contribution in [-0.2, 0) is 0 Å². The smallest absolute Gasteiger partial charge is 0.169 e. The molecule has 0 spiro atoms. The fraction of sp³-hybridized carbons (Fsp3) is 0.133. The predicted octanol–water partition coefficient (Wildman–Crippen LogP) is 3.33. The summed E-state index contributed by atoms with van der Waals surface area (Å²) in [5.74, 6) is 1.84. The van der Waals surface area contributed by atoms with E-state index in [1.807, 2.05) is 6.92 Å². The molecule has 0 amide bonds. The summed E-state index contributed by atoms with van der Waals surface area (Å²) in [6, 6.07) is 14.2. The predicted molar refractivity (Wildman–Crippen MR) is 73.3 cm³/mol. The molecule has 0 aliphatic heterocycles. The average molecular weight is 254 g/mol. The van der Waals surface area contributed by atoms with E-state index in [-0.39, 0.29) is 0 Å². The number of benzene rings is 2. The van der Waals surface area contributed by atoms with Crippen LogP contribution >= 0.6 is 0 Å². The lowest BCUT2D eigenvalue weighted by atomic mass is 10.2. The van der Waals surface area contributed by atoms with Gasteiger partial charge in [0.25, 0.3) is 0 Å². The second-order valence-corrected chi connectivity index (χ2v) is 3.88. The fourth-order valence-corrected chi connectivity index (χ4v) is 1.60. The van der Waals surface area contributed by atoms with Gasteiger partial charge in [0.2, 0.25) is 0 Å². The SMILES string of the molecule is CCOc1cc(N)ccc1Oc1ccc(C#N)cc1. The van der Waals surface area contributed by atoms with Crippen molar-refractivity contribution in [2.24, 2.45) is 0 Å². The third-order valence-corrected chi connectivity index (χ3v) is 2.48. The highest BCUT2D eigenvalue weighted by atomic mass is 16.5. The van der Waals surface area contributed by atoms with E-state index in [0.29, 0.717) is 35.1 Å². The standard InChI is InChI=1S/C15H14N2O2/c1-2-18-15-9-12(17)5-8-14(15)19-13-6-3-11(10-16)4-7-13/h3-9H,2,17H2,1H3. The molecule has 0 unspecified atom stereocenters. The molecule has 4 heteroatoms. The number of hydrogen-bond donors (Lipinski definition) is 1. The van der Waals surface area contributed by atoms with Crippen molar-refractivity contribution in [3.05, 3.63) is 48.0 Å². The summed E-state index contributed by atoms with van der Waals surface area (Å²) in [6.45, 7) is 2.43. The largest absolute Gasteiger partial charge is 0.490 e. The van der Waals surface area contributed by atoms with Crippen molar-refractivity contribution >= 4 is 5.69 Å². The van der Waals surface area contributed by atoms with Gasteiger partial charge in [-0.25, -0.2) is 0 Å². The zero-order valence-corrected chi connectivity index (χ0v) is 10.6. The molecule has 0 fully saturated rings. The van der Waals surface area contributed by atoms with E-state index in [0.717, 1.165) is 0 Å². The molecule has 0 atom stereocenters. The van der Waals surface area contributed by atoms with E-state index in [9.17, 15) is 0 Å². The van der Waals surface area contributed by atoms with Gasteiger partial charge < -0.3 is 15.2 Å². The molecule has 0 saturated carbocycles. The summed E-state index contributed by atoms with van der Waals surface area (Å²) < 4.78 is 11.2. The fourth-order valence-electron chi connectivity index (χ4n) is 1.60. The Kier molecular flexibility index (Phi) is 3.89. The topological polar surface area (TPSA) is 68.3 Å². The summed E-state index contributed by atoms with van der Waals surface area (Å²) in [5.41, 5.74) is 6.93. The lowest BCUT2D eigenvalue weighted by Gasteiger charge is -2.12. The van der Waals surface area contributed by atoms with Crippen LogP contribution < -0.4 is 15.2 Å². The van der Waals surface area contributed by atoms with Crippen molar-refractivity contribution in [2.45, 2.75) is 6.92 Å². The monoisotopic (exact) mass is 254 g/mol. The molecule has 0 aliphatic rings. The molecule has 0 aliphatic carbocycles. The van der Waals surface area contributed by atoms with E-state index >= 15 is 0 Å². The summed E-state index contributed by atoms with van der Waals surface area (Å²) in [4.78, 5) is 0. The van der Waals surface area contributed by atoms with Crippen LogP contribution in [0.3, 0.4) is 0 Å². The molecule has 0 aromatic heterocycles. The van der Waals surface area contributed by atoms with Crippen LogP contribution in [0.4, 0.5) is 5.69 Å². The first-order valence-corrected chi connectivity index (χ1v) is 5.93. The zero-order valence-electron chi connectivity index (χ0n) is 10.6. The first kappa shape index (κ1) is 12.8. The van der Waals surface area contributed by atoms with Crippen molar-refractivity contribution in [2.75, 3.05) is 12.3 Å².